The maximum Gasteiger partial charge on any atom is 0.0762 e. The topological polar surface area (TPSA) is 52.5 Å². The third-order valence-corrected chi connectivity index (χ3v) is 2.53. The van der Waals surface area contributed by atoms with Gasteiger partial charge in [-0.15, -0.1) is 0 Å². The minimum atomic E-state index is -0.420. The molecule has 1 rings (SSSR count). The van der Waals surface area contributed by atoms with E-state index >= 15 is 0 Å². The van der Waals surface area contributed by atoms with Gasteiger partial charge in [0.15, 0.2) is 0 Å². The fourth-order valence-corrected chi connectivity index (χ4v) is 1.55. The average Bonchev–Trinajstić information content (AvgIpc) is 2.29. The number of aliphatic hydroxyl groups excluding tert-OH is 2. The quantitative estimate of drug-likeness (QED) is 0.622. The number of benzene rings is 1. The van der Waals surface area contributed by atoms with Gasteiger partial charge in [-0.2, -0.15) is 0 Å². The van der Waals surface area contributed by atoms with Crippen molar-refractivity contribution in [2.24, 2.45) is 0 Å². The Morgan fingerprint density at radius 2 is 2.06 bits per heavy atom. The van der Waals surface area contributed by atoms with Gasteiger partial charge in [-0.1, -0.05) is 12.1 Å². The first-order valence-corrected chi connectivity index (χ1v) is 5.87. The van der Waals surface area contributed by atoms with Crippen LogP contribution in [0.5, 0.6) is 0 Å². The molecule has 3 nitrogen and oxygen atoms in total. The number of anilines is 1. The van der Waals surface area contributed by atoms with Crippen LogP contribution in [0.4, 0.5) is 5.69 Å². The molecule has 1 aromatic rings. The van der Waals surface area contributed by atoms with Gasteiger partial charge in [-0.25, -0.2) is 0 Å². The second-order valence-electron chi connectivity index (χ2n) is 4.01. The molecule has 1 aromatic carbocycles. The highest BCUT2D eigenvalue weighted by Gasteiger charge is 2.00. The van der Waals surface area contributed by atoms with Crippen LogP contribution in [0, 0.1) is 0 Å². The molecule has 0 aromatic heterocycles. The predicted octanol–water partition coefficient (Wildman–Crippen LogP) is 2.31. The first kappa shape index (κ1) is 13.0. The third-order valence-electron chi connectivity index (χ3n) is 2.53. The third kappa shape index (κ3) is 4.64. The van der Waals surface area contributed by atoms with E-state index in [1.54, 1.807) is 6.92 Å². The molecule has 0 aliphatic carbocycles. The van der Waals surface area contributed by atoms with Gasteiger partial charge in [-0.3, -0.25) is 0 Å². The molecule has 0 bridgehead atoms. The van der Waals surface area contributed by atoms with Crippen molar-refractivity contribution >= 4 is 5.69 Å². The van der Waals surface area contributed by atoms with E-state index in [1.807, 2.05) is 24.3 Å². The number of aliphatic hydroxyl groups is 2. The Labute approximate surface area is 97.1 Å². The Hall–Kier alpha value is -1.06. The summed E-state index contributed by atoms with van der Waals surface area (Å²) < 4.78 is 0. The van der Waals surface area contributed by atoms with Crippen molar-refractivity contribution < 1.29 is 10.2 Å². The lowest BCUT2D eigenvalue weighted by atomic mass is 10.1. The molecule has 16 heavy (non-hydrogen) atoms. The van der Waals surface area contributed by atoms with Crippen molar-refractivity contribution in [2.45, 2.75) is 32.3 Å². The van der Waals surface area contributed by atoms with Gasteiger partial charge in [0.2, 0.25) is 0 Å². The summed E-state index contributed by atoms with van der Waals surface area (Å²) in [5.41, 5.74) is 1.97. The van der Waals surface area contributed by atoms with Gasteiger partial charge in [-0.05, 0) is 43.9 Å². The van der Waals surface area contributed by atoms with Crippen LogP contribution in [0.3, 0.4) is 0 Å². The fraction of sp³-hybridized carbons (Fsp3) is 0.538. The van der Waals surface area contributed by atoms with Crippen molar-refractivity contribution in [3.05, 3.63) is 29.8 Å². The summed E-state index contributed by atoms with van der Waals surface area (Å²) in [6.07, 6.45) is 2.55. The highest BCUT2D eigenvalue weighted by atomic mass is 16.3. The lowest BCUT2D eigenvalue weighted by Crippen LogP contribution is -2.02. The second kappa shape index (κ2) is 7.25. The average molecular weight is 223 g/mol. The molecule has 1 unspecified atom stereocenters. The van der Waals surface area contributed by atoms with E-state index in [4.69, 9.17) is 5.11 Å². The van der Waals surface area contributed by atoms with E-state index in [9.17, 15) is 5.11 Å². The largest absolute Gasteiger partial charge is 0.396 e. The molecular formula is C13H21NO2. The summed E-state index contributed by atoms with van der Waals surface area (Å²) in [6, 6.07) is 7.83. The van der Waals surface area contributed by atoms with Gasteiger partial charge in [0.05, 0.1) is 6.10 Å². The first-order chi connectivity index (χ1) is 7.74. The van der Waals surface area contributed by atoms with Gasteiger partial charge in [0.1, 0.15) is 0 Å². The summed E-state index contributed by atoms with van der Waals surface area (Å²) in [6.45, 7) is 2.95. The number of nitrogens with one attached hydrogen (secondary N) is 1. The minimum Gasteiger partial charge on any atom is -0.396 e. The molecule has 90 valence electrons. The lowest BCUT2D eigenvalue weighted by Gasteiger charge is -2.09. The first-order valence-electron chi connectivity index (χ1n) is 5.87. The molecule has 0 saturated heterocycles. The van der Waals surface area contributed by atoms with E-state index in [-0.39, 0.29) is 6.61 Å². The van der Waals surface area contributed by atoms with Crippen LogP contribution in [0.2, 0.25) is 0 Å². The molecule has 3 N–H and O–H groups in total. The van der Waals surface area contributed by atoms with Crippen molar-refractivity contribution in [2.75, 3.05) is 18.5 Å². The fourth-order valence-electron chi connectivity index (χ4n) is 1.55. The van der Waals surface area contributed by atoms with Gasteiger partial charge >= 0.3 is 0 Å². The van der Waals surface area contributed by atoms with E-state index in [0.29, 0.717) is 0 Å². The summed E-state index contributed by atoms with van der Waals surface area (Å²) in [5, 5.41) is 21.4. The molecule has 0 amide bonds. The van der Waals surface area contributed by atoms with E-state index < -0.39 is 6.10 Å². The van der Waals surface area contributed by atoms with E-state index in [2.05, 4.69) is 5.32 Å². The smallest absolute Gasteiger partial charge is 0.0762 e. The number of hydrogen-bond acceptors (Lipinski definition) is 3. The van der Waals surface area contributed by atoms with Crippen LogP contribution in [-0.2, 0) is 0 Å². The maximum absolute atomic E-state index is 9.43. The summed E-state index contributed by atoms with van der Waals surface area (Å²) in [4.78, 5) is 0. The van der Waals surface area contributed by atoms with Crippen molar-refractivity contribution in [3.8, 4) is 0 Å². The molecule has 0 heterocycles. The van der Waals surface area contributed by atoms with Crippen LogP contribution in [0.1, 0.15) is 37.9 Å². The summed E-state index contributed by atoms with van der Waals surface area (Å²) in [7, 11) is 0. The lowest BCUT2D eigenvalue weighted by molar-refractivity contribution is 0.199. The van der Waals surface area contributed by atoms with Crippen LogP contribution < -0.4 is 5.32 Å². The monoisotopic (exact) mass is 223 g/mol. The highest BCUT2D eigenvalue weighted by molar-refractivity contribution is 5.46. The Balaban J connectivity index is 2.33. The minimum absolute atomic E-state index is 0.275. The number of unbranched alkanes of at least 4 members (excludes halogenated alkanes) is 2. The van der Waals surface area contributed by atoms with Crippen LogP contribution >= 0.6 is 0 Å². The Bertz CT molecular complexity index is 300. The molecule has 0 aliphatic rings. The number of rotatable bonds is 7. The second-order valence-corrected chi connectivity index (χ2v) is 4.01. The Morgan fingerprint density at radius 1 is 1.25 bits per heavy atom. The maximum atomic E-state index is 9.43. The molecule has 0 radical (unpaired) electrons. The number of hydrogen-bond donors (Lipinski definition) is 3. The molecule has 0 fully saturated rings. The molecule has 0 aliphatic heterocycles. The molecule has 1 atom stereocenters. The standard InChI is InChI=1S/C13H21NO2/c1-11(16)12-6-5-7-13(10-12)14-8-3-2-4-9-15/h5-7,10-11,14-16H,2-4,8-9H2,1H3. The van der Waals surface area contributed by atoms with Crippen molar-refractivity contribution in [1.29, 1.82) is 0 Å². The Morgan fingerprint density at radius 3 is 2.75 bits per heavy atom. The normalized spacial score (nSPS) is 12.4. The van der Waals surface area contributed by atoms with Crippen molar-refractivity contribution in [1.82, 2.24) is 0 Å². The molecule has 3 heteroatoms. The van der Waals surface area contributed by atoms with Gasteiger partial charge in [0, 0.05) is 18.8 Å². The van der Waals surface area contributed by atoms with Gasteiger partial charge < -0.3 is 15.5 Å². The van der Waals surface area contributed by atoms with E-state index in [1.165, 1.54) is 0 Å². The molecule has 0 saturated carbocycles. The zero-order chi connectivity index (χ0) is 11.8. The van der Waals surface area contributed by atoms with Crippen LogP contribution in [0.15, 0.2) is 24.3 Å². The Kier molecular flexibility index (Phi) is 5.90. The molecular weight excluding hydrogens is 202 g/mol. The zero-order valence-electron chi connectivity index (χ0n) is 9.82. The highest BCUT2D eigenvalue weighted by Crippen LogP contribution is 2.16. The zero-order valence-corrected chi connectivity index (χ0v) is 9.82. The van der Waals surface area contributed by atoms with Crippen LogP contribution in [0.25, 0.3) is 0 Å². The van der Waals surface area contributed by atoms with Gasteiger partial charge in [0.25, 0.3) is 0 Å². The predicted molar refractivity (Wildman–Crippen MR) is 66.5 cm³/mol. The summed E-state index contributed by atoms with van der Waals surface area (Å²) >= 11 is 0. The van der Waals surface area contributed by atoms with Crippen molar-refractivity contribution in [3.63, 3.8) is 0 Å². The van der Waals surface area contributed by atoms with E-state index in [0.717, 1.165) is 37.1 Å². The summed E-state index contributed by atoms with van der Waals surface area (Å²) in [5.74, 6) is 0. The molecule has 0 spiro atoms. The SMILES string of the molecule is CC(O)c1cccc(NCCCCCO)c1. The van der Waals surface area contributed by atoms with Crippen LogP contribution in [-0.4, -0.2) is 23.4 Å².